The number of β-amino-alcohol motifs (C(OH)–C–C–N with tert-alkyl or cyclic N) is 1. The topological polar surface area (TPSA) is 32.3 Å². The van der Waals surface area contributed by atoms with Crippen molar-refractivity contribution >= 4 is 0 Å². The number of aliphatic hydroxyl groups excluding tert-OH is 1. The molecule has 1 heterocycles. The molecule has 0 radical (unpaired) electrons. The van der Waals surface area contributed by atoms with E-state index in [1.165, 1.54) is 70.6 Å². The third-order valence-electron chi connectivity index (χ3n) is 4.23. The zero-order valence-electron chi connectivity index (χ0n) is 12.3. The second-order valence-electron chi connectivity index (χ2n) is 5.96. The van der Waals surface area contributed by atoms with Gasteiger partial charge in [0.1, 0.15) is 0 Å². The number of hydrogen-bond acceptors (Lipinski definition) is 2. The Labute approximate surface area is 114 Å². The van der Waals surface area contributed by atoms with Gasteiger partial charge in [-0.25, -0.2) is 0 Å². The first-order valence-corrected chi connectivity index (χ1v) is 8.23. The molecule has 2 atom stereocenters. The maximum atomic E-state index is 9.67. The van der Waals surface area contributed by atoms with E-state index in [9.17, 15) is 5.11 Å². The molecule has 2 heteroatoms. The van der Waals surface area contributed by atoms with Crippen LogP contribution in [0.4, 0.5) is 0 Å². The normalized spacial score (nSPS) is 23.7. The van der Waals surface area contributed by atoms with E-state index in [1.807, 2.05) is 0 Å². The maximum absolute atomic E-state index is 9.67. The van der Waals surface area contributed by atoms with Crippen molar-refractivity contribution in [3.05, 3.63) is 0 Å². The number of hydrogen-bond donors (Lipinski definition) is 2. The Morgan fingerprint density at radius 1 is 0.833 bits per heavy atom. The van der Waals surface area contributed by atoms with Gasteiger partial charge in [0.2, 0.25) is 0 Å². The van der Waals surface area contributed by atoms with Crippen molar-refractivity contribution in [3.63, 3.8) is 0 Å². The standard InChI is InChI=1S/C16H33NO/c1-2-3-4-5-6-7-8-9-10-11-12-15-13-17-14-16(15)18/h15-18H,2-14H2,1H3. The van der Waals surface area contributed by atoms with Crippen LogP contribution in [0.1, 0.15) is 77.6 Å². The Hall–Kier alpha value is -0.0800. The zero-order chi connectivity index (χ0) is 13.1. The van der Waals surface area contributed by atoms with Crippen molar-refractivity contribution in [2.45, 2.75) is 83.7 Å². The van der Waals surface area contributed by atoms with E-state index in [1.54, 1.807) is 0 Å². The van der Waals surface area contributed by atoms with Crippen LogP contribution in [0.5, 0.6) is 0 Å². The molecule has 0 aromatic heterocycles. The molecule has 2 unspecified atom stereocenters. The van der Waals surface area contributed by atoms with Gasteiger partial charge in [0.05, 0.1) is 6.10 Å². The Balaban J connectivity index is 1.76. The first kappa shape index (κ1) is 16.0. The van der Waals surface area contributed by atoms with Crippen LogP contribution in [0.2, 0.25) is 0 Å². The number of unbranched alkanes of at least 4 members (excludes halogenated alkanes) is 9. The SMILES string of the molecule is CCCCCCCCCCCCC1CNCC1O. The lowest BCUT2D eigenvalue weighted by Crippen LogP contribution is -2.17. The average Bonchev–Trinajstić information content (AvgIpc) is 2.77. The summed E-state index contributed by atoms with van der Waals surface area (Å²) in [6.07, 6.45) is 15.1. The predicted octanol–water partition coefficient (Wildman–Crippen LogP) is 3.88. The molecule has 0 bridgehead atoms. The average molecular weight is 255 g/mol. The highest BCUT2D eigenvalue weighted by Gasteiger charge is 2.23. The third kappa shape index (κ3) is 7.38. The lowest BCUT2D eigenvalue weighted by molar-refractivity contribution is 0.141. The summed E-state index contributed by atoms with van der Waals surface area (Å²) in [6.45, 7) is 4.11. The second-order valence-corrected chi connectivity index (χ2v) is 5.96. The van der Waals surface area contributed by atoms with Gasteiger partial charge < -0.3 is 10.4 Å². The first-order valence-electron chi connectivity index (χ1n) is 8.23. The van der Waals surface area contributed by atoms with Crippen molar-refractivity contribution in [2.75, 3.05) is 13.1 Å². The van der Waals surface area contributed by atoms with E-state index in [0.717, 1.165) is 13.1 Å². The Kier molecular flexibility index (Phi) is 9.59. The molecule has 1 saturated heterocycles. The van der Waals surface area contributed by atoms with Gasteiger partial charge in [-0.05, 0) is 12.3 Å². The highest BCUT2D eigenvalue weighted by atomic mass is 16.3. The van der Waals surface area contributed by atoms with Gasteiger partial charge in [-0.1, -0.05) is 71.1 Å². The fraction of sp³-hybridized carbons (Fsp3) is 1.00. The molecule has 2 N–H and O–H groups in total. The van der Waals surface area contributed by atoms with Gasteiger partial charge >= 0.3 is 0 Å². The molecule has 1 aliphatic heterocycles. The van der Waals surface area contributed by atoms with Gasteiger partial charge in [-0.15, -0.1) is 0 Å². The largest absolute Gasteiger partial charge is 0.391 e. The number of nitrogens with one attached hydrogen (secondary N) is 1. The van der Waals surface area contributed by atoms with Crippen molar-refractivity contribution in [2.24, 2.45) is 5.92 Å². The van der Waals surface area contributed by atoms with Crippen LogP contribution in [0.15, 0.2) is 0 Å². The highest BCUT2D eigenvalue weighted by molar-refractivity contribution is 4.79. The molecule has 1 fully saturated rings. The summed E-state index contributed by atoms with van der Waals surface area (Å²) < 4.78 is 0. The summed E-state index contributed by atoms with van der Waals surface area (Å²) in [5, 5.41) is 12.9. The van der Waals surface area contributed by atoms with Crippen molar-refractivity contribution in [1.82, 2.24) is 5.32 Å². The van der Waals surface area contributed by atoms with Crippen LogP contribution in [0.25, 0.3) is 0 Å². The first-order chi connectivity index (χ1) is 8.84. The van der Waals surface area contributed by atoms with E-state index in [0.29, 0.717) is 5.92 Å². The van der Waals surface area contributed by atoms with Gasteiger partial charge in [0.25, 0.3) is 0 Å². The summed E-state index contributed by atoms with van der Waals surface area (Å²) in [6, 6.07) is 0. The molecule has 2 nitrogen and oxygen atoms in total. The van der Waals surface area contributed by atoms with E-state index >= 15 is 0 Å². The summed E-state index contributed by atoms with van der Waals surface area (Å²) in [7, 11) is 0. The molecular formula is C16H33NO. The lowest BCUT2D eigenvalue weighted by Gasteiger charge is -2.12. The molecule has 0 aromatic carbocycles. The van der Waals surface area contributed by atoms with Crippen molar-refractivity contribution < 1.29 is 5.11 Å². The predicted molar refractivity (Wildman–Crippen MR) is 78.8 cm³/mol. The minimum absolute atomic E-state index is 0.0800. The summed E-state index contributed by atoms with van der Waals surface area (Å²) in [5.41, 5.74) is 0. The van der Waals surface area contributed by atoms with Crippen molar-refractivity contribution in [3.8, 4) is 0 Å². The fourth-order valence-corrected chi connectivity index (χ4v) is 2.91. The van der Waals surface area contributed by atoms with Crippen LogP contribution in [0, 0.1) is 5.92 Å². The summed E-state index contributed by atoms with van der Waals surface area (Å²) in [4.78, 5) is 0. The summed E-state index contributed by atoms with van der Waals surface area (Å²) in [5.74, 6) is 0.527. The molecule has 108 valence electrons. The Morgan fingerprint density at radius 2 is 1.39 bits per heavy atom. The third-order valence-corrected chi connectivity index (χ3v) is 4.23. The van der Waals surface area contributed by atoms with Gasteiger partial charge in [0.15, 0.2) is 0 Å². The smallest absolute Gasteiger partial charge is 0.0704 e. The minimum atomic E-state index is -0.0800. The molecule has 18 heavy (non-hydrogen) atoms. The van der Waals surface area contributed by atoms with Crippen LogP contribution < -0.4 is 5.32 Å². The van der Waals surface area contributed by atoms with E-state index in [2.05, 4.69) is 12.2 Å². The molecule has 1 aliphatic rings. The molecule has 0 saturated carbocycles. The highest BCUT2D eigenvalue weighted by Crippen LogP contribution is 2.18. The molecule has 0 spiro atoms. The lowest BCUT2D eigenvalue weighted by atomic mass is 9.97. The van der Waals surface area contributed by atoms with Crippen LogP contribution in [0.3, 0.4) is 0 Å². The van der Waals surface area contributed by atoms with Gasteiger partial charge in [-0.3, -0.25) is 0 Å². The Bertz CT molecular complexity index is 184. The number of rotatable bonds is 11. The second kappa shape index (κ2) is 10.8. The monoisotopic (exact) mass is 255 g/mol. The van der Waals surface area contributed by atoms with Gasteiger partial charge in [-0.2, -0.15) is 0 Å². The van der Waals surface area contributed by atoms with E-state index < -0.39 is 0 Å². The van der Waals surface area contributed by atoms with Crippen LogP contribution in [-0.4, -0.2) is 24.3 Å². The van der Waals surface area contributed by atoms with Gasteiger partial charge in [0, 0.05) is 13.1 Å². The fourth-order valence-electron chi connectivity index (χ4n) is 2.91. The molecule has 0 aliphatic carbocycles. The zero-order valence-corrected chi connectivity index (χ0v) is 12.3. The van der Waals surface area contributed by atoms with Crippen LogP contribution in [-0.2, 0) is 0 Å². The quantitative estimate of drug-likeness (QED) is 0.549. The molecule has 0 amide bonds. The number of aliphatic hydroxyl groups is 1. The maximum Gasteiger partial charge on any atom is 0.0704 e. The minimum Gasteiger partial charge on any atom is -0.391 e. The molecule has 1 rings (SSSR count). The van der Waals surface area contributed by atoms with E-state index in [4.69, 9.17) is 0 Å². The molecule has 0 aromatic rings. The summed E-state index contributed by atoms with van der Waals surface area (Å²) >= 11 is 0. The van der Waals surface area contributed by atoms with Crippen LogP contribution >= 0.6 is 0 Å². The Morgan fingerprint density at radius 3 is 1.89 bits per heavy atom. The van der Waals surface area contributed by atoms with E-state index in [-0.39, 0.29) is 6.10 Å². The molecular weight excluding hydrogens is 222 g/mol. The van der Waals surface area contributed by atoms with Crippen molar-refractivity contribution in [1.29, 1.82) is 0 Å².